The van der Waals surface area contributed by atoms with Crippen LogP contribution in [0.4, 0.5) is 0 Å². The lowest BCUT2D eigenvalue weighted by atomic mass is 10.1. The van der Waals surface area contributed by atoms with Crippen molar-refractivity contribution in [2.75, 3.05) is 0 Å². The smallest absolute Gasteiger partial charge is 0.237 e. The Kier molecular flexibility index (Phi) is 2.86. The highest BCUT2D eigenvalue weighted by molar-refractivity contribution is 5.14. The van der Waals surface area contributed by atoms with Gasteiger partial charge in [0.25, 0.3) is 5.82 Å². The third kappa shape index (κ3) is 2.27. The third-order valence-corrected chi connectivity index (χ3v) is 2.88. The van der Waals surface area contributed by atoms with Gasteiger partial charge in [-0.2, -0.15) is 0 Å². The second kappa shape index (κ2) is 4.30. The molecule has 2 nitrogen and oxygen atoms in total. The standard InChI is InChI=1S/C13H17N2/c1-12-14(2)10-11-15(12)9-8-13-6-4-3-5-7-13/h3-7,10-11H,8-9H2,1-2H3/q+1. The van der Waals surface area contributed by atoms with Crippen molar-refractivity contribution in [2.45, 2.75) is 19.9 Å². The Bertz CT molecular complexity index is 429. The minimum absolute atomic E-state index is 1.05. The van der Waals surface area contributed by atoms with Gasteiger partial charge in [-0.15, -0.1) is 0 Å². The molecule has 2 rings (SSSR count). The predicted octanol–water partition coefficient (Wildman–Crippen LogP) is 1.86. The Morgan fingerprint density at radius 2 is 1.93 bits per heavy atom. The Hall–Kier alpha value is -1.57. The molecule has 1 aromatic heterocycles. The molecule has 0 saturated carbocycles. The molecule has 0 aliphatic heterocycles. The maximum atomic E-state index is 2.28. The van der Waals surface area contributed by atoms with Gasteiger partial charge < -0.3 is 0 Å². The lowest BCUT2D eigenvalue weighted by Crippen LogP contribution is -2.29. The van der Waals surface area contributed by atoms with Gasteiger partial charge in [-0.25, -0.2) is 9.13 Å². The molecule has 0 amide bonds. The molecule has 0 aliphatic rings. The molecule has 0 spiro atoms. The van der Waals surface area contributed by atoms with E-state index in [1.807, 2.05) is 0 Å². The lowest BCUT2D eigenvalue weighted by molar-refractivity contribution is -0.677. The predicted molar refractivity (Wildman–Crippen MR) is 60.5 cm³/mol. The van der Waals surface area contributed by atoms with Crippen molar-refractivity contribution in [3.63, 3.8) is 0 Å². The maximum Gasteiger partial charge on any atom is 0.253 e. The van der Waals surface area contributed by atoms with Crippen LogP contribution in [0, 0.1) is 6.92 Å². The second-order valence-electron chi connectivity index (χ2n) is 3.89. The first kappa shape index (κ1) is 9.97. The van der Waals surface area contributed by atoms with E-state index in [0.717, 1.165) is 13.0 Å². The highest BCUT2D eigenvalue weighted by atomic mass is 15.1. The molecule has 2 aromatic rings. The first-order valence-electron chi connectivity index (χ1n) is 5.32. The fourth-order valence-corrected chi connectivity index (χ4v) is 1.73. The summed E-state index contributed by atoms with van der Waals surface area (Å²) in [6.45, 7) is 3.20. The van der Waals surface area contributed by atoms with Gasteiger partial charge in [0.05, 0.1) is 13.6 Å². The van der Waals surface area contributed by atoms with Crippen LogP contribution in [0.5, 0.6) is 0 Å². The first-order chi connectivity index (χ1) is 7.27. The fourth-order valence-electron chi connectivity index (χ4n) is 1.73. The van der Waals surface area contributed by atoms with Crippen molar-refractivity contribution in [1.29, 1.82) is 0 Å². The summed E-state index contributed by atoms with van der Waals surface area (Å²) in [6.07, 6.45) is 5.33. The van der Waals surface area contributed by atoms with Crippen LogP contribution in [0.25, 0.3) is 0 Å². The van der Waals surface area contributed by atoms with E-state index in [9.17, 15) is 0 Å². The van der Waals surface area contributed by atoms with E-state index in [-0.39, 0.29) is 0 Å². The summed E-state index contributed by atoms with van der Waals surface area (Å²) in [5.41, 5.74) is 1.40. The van der Waals surface area contributed by atoms with E-state index in [1.54, 1.807) is 0 Å². The number of aryl methyl sites for hydroxylation is 3. The normalized spacial score (nSPS) is 10.5. The highest BCUT2D eigenvalue weighted by Crippen LogP contribution is 2.02. The van der Waals surface area contributed by atoms with Crippen LogP contribution >= 0.6 is 0 Å². The average Bonchev–Trinajstić information content (AvgIpc) is 2.59. The highest BCUT2D eigenvalue weighted by Gasteiger charge is 2.07. The van der Waals surface area contributed by atoms with E-state index in [1.165, 1.54) is 11.4 Å². The zero-order valence-corrected chi connectivity index (χ0v) is 9.35. The molecule has 0 radical (unpaired) electrons. The number of benzene rings is 1. The molecule has 0 fully saturated rings. The summed E-state index contributed by atoms with van der Waals surface area (Å²) in [4.78, 5) is 0. The molecule has 0 saturated heterocycles. The number of hydrogen-bond donors (Lipinski definition) is 0. The van der Waals surface area contributed by atoms with E-state index in [4.69, 9.17) is 0 Å². The molecule has 0 aliphatic carbocycles. The number of rotatable bonds is 3. The van der Waals surface area contributed by atoms with Crippen LogP contribution in [0.2, 0.25) is 0 Å². The van der Waals surface area contributed by atoms with E-state index in [0.29, 0.717) is 0 Å². The SMILES string of the molecule is Cc1n(CCc2ccccc2)cc[n+]1C. The van der Waals surface area contributed by atoms with Crippen molar-refractivity contribution >= 4 is 0 Å². The topological polar surface area (TPSA) is 8.81 Å². The number of hydrogen-bond acceptors (Lipinski definition) is 0. The third-order valence-electron chi connectivity index (χ3n) is 2.88. The van der Waals surface area contributed by atoms with Gasteiger partial charge in [0.15, 0.2) is 0 Å². The van der Waals surface area contributed by atoms with Gasteiger partial charge in [0.2, 0.25) is 0 Å². The summed E-state index contributed by atoms with van der Waals surface area (Å²) in [5.74, 6) is 1.30. The van der Waals surface area contributed by atoms with Gasteiger partial charge in [-0.05, 0) is 5.56 Å². The van der Waals surface area contributed by atoms with Crippen molar-refractivity contribution in [3.05, 3.63) is 54.1 Å². The van der Waals surface area contributed by atoms with Crippen molar-refractivity contribution in [2.24, 2.45) is 7.05 Å². The summed E-state index contributed by atoms with van der Waals surface area (Å²) < 4.78 is 4.43. The maximum absolute atomic E-state index is 2.28. The Morgan fingerprint density at radius 3 is 2.53 bits per heavy atom. The van der Waals surface area contributed by atoms with Crippen LogP contribution in [-0.2, 0) is 20.0 Å². The van der Waals surface area contributed by atoms with Gasteiger partial charge in [-0.1, -0.05) is 30.3 Å². The van der Waals surface area contributed by atoms with E-state index < -0.39 is 0 Å². The molecule has 2 heteroatoms. The van der Waals surface area contributed by atoms with Crippen molar-refractivity contribution in [1.82, 2.24) is 4.57 Å². The molecule has 15 heavy (non-hydrogen) atoms. The minimum Gasteiger partial charge on any atom is -0.237 e. The zero-order valence-electron chi connectivity index (χ0n) is 9.35. The van der Waals surface area contributed by atoms with Crippen molar-refractivity contribution in [3.8, 4) is 0 Å². The number of aromatic nitrogens is 2. The van der Waals surface area contributed by atoms with Gasteiger partial charge in [-0.3, -0.25) is 0 Å². The fraction of sp³-hybridized carbons (Fsp3) is 0.308. The summed E-state index contributed by atoms with van der Waals surface area (Å²) >= 11 is 0. The zero-order chi connectivity index (χ0) is 10.7. The van der Waals surface area contributed by atoms with Gasteiger partial charge in [0, 0.05) is 13.3 Å². The average molecular weight is 201 g/mol. The largest absolute Gasteiger partial charge is 0.253 e. The monoisotopic (exact) mass is 201 g/mol. The van der Waals surface area contributed by atoms with Crippen LogP contribution in [0.15, 0.2) is 42.7 Å². The quantitative estimate of drug-likeness (QED) is 0.670. The van der Waals surface area contributed by atoms with Crippen LogP contribution in [0.1, 0.15) is 11.4 Å². The Morgan fingerprint density at radius 1 is 1.20 bits per heavy atom. The lowest BCUT2D eigenvalue weighted by Gasteiger charge is -2.00. The van der Waals surface area contributed by atoms with Crippen LogP contribution < -0.4 is 4.57 Å². The molecule has 0 unspecified atom stereocenters. The van der Waals surface area contributed by atoms with Gasteiger partial charge >= 0.3 is 0 Å². The molecule has 0 bridgehead atoms. The van der Waals surface area contributed by atoms with Gasteiger partial charge in [0.1, 0.15) is 12.4 Å². The summed E-state index contributed by atoms with van der Waals surface area (Å²) in [7, 11) is 2.08. The van der Waals surface area contributed by atoms with Crippen LogP contribution in [0.3, 0.4) is 0 Å². The Labute approximate surface area is 90.8 Å². The van der Waals surface area contributed by atoms with E-state index >= 15 is 0 Å². The molecule has 78 valence electrons. The van der Waals surface area contributed by atoms with Crippen molar-refractivity contribution < 1.29 is 4.57 Å². The molecule has 0 atom stereocenters. The second-order valence-corrected chi connectivity index (χ2v) is 3.89. The minimum atomic E-state index is 1.05. The number of imidazole rings is 1. The molecular weight excluding hydrogens is 184 g/mol. The molecular formula is C13H17N2+. The summed E-state index contributed by atoms with van der Waals surface area (Å²) in [5, 5.41) is 0. The molecule has 1 heterocycles. The Balaban J connectivity index is 2.02. The summed E-state index contributed by atoms with van der Waals surface area (Å²) in [6, 6.07) is 10.6. The number of nitrogens with zero attached hydrogens (tertiary/aromatic N) is 2. The molecule has 1 aromatic carbocycles. The van der Waals surface area contributed by atoms with Crippen LogP contribution in [-0.4, -0.2) is 4.57 Å². The molecule has 0 N–H and O–H groups in total. The first-order valence-corrected chi connectivity index (χ1v) is 5.32. The van der Waals surface area contributed by atoms with E-state index in [2.05, 4.69) is 65.8 Å².